The molecule has 8 nitrogen and oxygen atoms in total. The van der Waals surface area contributed by atoms with Gasteiger partial charge in [-0.2, -0.15) is 0 Å². The fourth-order valence-electron chi connectivity index (χ4n) is 3.83. The molecule has 3 aromatic rings. The highest BCUT2D eigenvalue weighted by atomic mass is 32.2. The normalized spacial score (nSPS) is 12.7. The predicted molar refractivity (Wildman–Crippen MR) is 148 cm³/mol. The summed E-state index contributed by atoms with van der Waals surface area (Å²) in [6.45, 7) is 4.79. The maximum Gasteiger partial charge on any atom is 0.264 e. The SMILES string of the molecule is CC[C@H](C)NC(=O)[C@H](C)N(Cc1ccc(F)cc1)C(=O)CN(c1ccc(OC)cc1)S(=O)(=O)c1ccccc1. The summed E-state index contributed by atoms with van der Waals surface area (Å²) in [6.07, 6.45) is 0.699. The molecule has 0 radical (unpaired) electrons. The molecule has 0 aliphatic rings. The molecule has 10 heteroatoms. The van der Waals surface area contributed by atoms with Crippen LogP contribution >= 0.6 is 0 Å². The number of hydrogen-bond donors (Lipinski definition) is 1. The number of methoxy groups -OCH3 is 1. The van der Waals surface area contributed by atoms with Crippen molar-refractivity contribution in [3.63, 3.8) is 0 Å². The lowest BCUT2D eigenvalue weighted by atomic mass is 10.1. The first kappa shape index (κ1) is 29.6. The summed E-state index contributed by atoms with van der Waals surface area (Å²) in [5.41, 5.74) is 0.848. The first-order valence-corrected chi connectivity index (χ1v) is 14.1. The van der Waals surface area contributed by atoms with Gasteiger partial charge in [-0.3, -0.25) is 13.9 Å². The molecule has 0 spiro atoms. The minimum absolute atomic E-state index is 0.0151. The van der Waals surface area contributed by atoms with Crippen LogP contribution in [0.1, 0.15) is 32.8 Å². The predicted octanol–water partition coefficient (Wildman–Crippen LogP) is 4.36. The maximum absolute atomic E-state index is 13.8. The Morgan fingerprint density at radius 1 is 0.949 bits per heavy atom. The molecular weight excluding hydrogens is 521 g/mol. The van der Waals surface area contributed by atoms with E-state index >= 15 is 0 Å². The Morgan fingerprint density at radius 2 is 1.56 bits per heavy atom. The topological polar surface area (TPSA) is 96.0 Å². The molecule has 0 aliphatic heterocycles. The van der Waals surface area contributed by atoms with E-state index in [4.69, 9.17) is 4.74 Å². The highest BCUT2D eigenvalue weighted by Gasteiger charge is 2.32. The van der Waals surface area contributed by atoms with Gasteiger partial charge in [-0.05, 0) is 74.4 Å². The molecular formula is C29H34FN3O5S. The first-order valence-electron chi connectivity index (χ1n) is 12.6. The highest BCUT2D eigenvalue weighted by molar-refractivity contribution is 7.92. The van der Waals surface area contributed by atoms with Crippen molar-refractivity contribution in [3.05, 3.63) is 90.2 Å². The van der Waals surface area contributed by atoms with Crippen molar-refractivity contribution in [3.8, 4) is 5.75 Å². The van der Waals surface area contributed by atoms with Crippen LogP contribution in [0.5, 0.6) is 5.75 Å². The molecule has 3 aromatic carbocycles. The third-order valence-electron chi connectivity index (χ3n) is 6.40. The van der Waals surface area contributed by atoms with Gasteiger partial charge in [0.25, 0.3) is 10.0 Å². The van der Waals surface area contributed by atoms with Gasteiger partial charge in [0, 0.05) is 12.6 Å². The minimum Gasteiger partial charge on any atom is -0.497 e. The molecule has 2 amide bonds. The monoisotopic (exact) mass is 555 g/mol. The smallest absolute Gasteiger partial charge is 0.264 e. The van der Waals surface area contributed by atoms with E-state index < -0.39 is 34.3 Å². The molecule has 0 aliphatic carbocycles. The fraction of sp³-hybridized carbons (Fsp3) is 0.310. The Morgan fingerprint density at radius 3 is 2.13 bits per heavy atom. The summed E-state index contributed by atoms with van der Waals surface area (Å²) in [7, 11) is -2.66. The zero-order valence-electron chi connectivity index (χ0n) is 22.5. The summed E-state index contributed by atoms with van der Waals surface area (Å²) in [6, 6.07) is 18.7. The number of carbonyl (C=O) groups is 2. The van der Waals surface area contributed by atoms with Gasteiger partial charge in [-0.1, -0.05) is 37.3 Å². The van der Waals surface area contributed by atoms with E-state index in [0.717, 1.165) is 4.31 Å². The van der Waals surface area contributed by atoms with Gasteiger partial charge in [-0.15, -0.1) is 0 Å². The van der Waals surface area contributed by atoms with Crippen LogP contribution in [0, 0.1) is 5.82 Å². The third-order valence-corrected chi connectivity index (χ3v) is 8.19. The van der Waals surface area contributed by atoms with E-state index in [1.165, 1.54) is 48.4 Å². The van der Waals surface area contributed by atoms with Gasteiger partial charge in [-0.25, -0.2) is 12.8 Å². The second kappa shape index (κ2) is 13.2. The lowest BCUT2D eigenvalue weighted by molar-refractivity contribution is -0.139. The molecule has 1 N–H and O–H groups in total. The first-order chi connectivity index (χ1) is 18.6. The molecule has 0 unspecified atom stereocenters. The second-order valence-electron chi connectivity index (χ2n) is 9.16. The van der Waals surface area contributed by atoms with Crippen molar-refractivity contribution in [2.24, 2.45) is 0 Å². The van der Waals surface area contributed by atoms with Crippen molar-refractivity contribution in [2.75, 3.05) is 18.0 Å². The van der Waals surface area contributed by atoms with Gasteiger partial charge in [0.2, 0.25) is 11.8 Å². The molecule has 208 valence electrons. The number of carbonyl (C=O) groups excluding carboxylic acids is 2. The number of ether oxygens (including phenoxy) is 1. The van der Waals surface area contributed by atoms with E-state index in [-0.39, 0.29) is 29.1 Å². The molecule has 0 bridgehead atoms. The average molecular weight is 556 g/mol. The molecule has 0 heterocycles. The Hall–Kier alpha value is -3.92. The quantitative estimate of drug-likeness (QED) is 0.358. The van der Waals surface area contributed by atoms with Crippen LogP contribution in [0.15, 0.2) is 83.8 Å². The van der Waals surface area contributed by atoms with Crippen molar-refractivity contribution >= 4 is 27.5 Å². The van der Waals surface area contributed by atoms with Gasteiger partial charge >= 0.3 is 0 Å². The summed E-state index contributed by atoms with van der Waals surface area (Å²) in [4.78, 5) is 28.2. The Bertz CT molecular complexity index is 1350. The van der Waals surface area contributed by atoms with E-state index in [1.807, 2.05) is 13.8 Å². The third kappa shape index (κ3) is 7.57. The number of rotatable bonds is 12. The van der Waals surface area contributed by atoms with E-state index in [2.05, 4.69) is 5.32 Å². The molecule has 0 fully saturated rings. The number of anilines is 1. The summed E-state index contributed by atoms with van der Waals surface area (Å²) >= 11 is 0. The van der Waals surface area contributed by atoms with E-state index in [0.29, 0.717) is 17.7 Å². The number of halogens is 1. The van der Waals surface area contributed by atoms with Gasteiger partial charge in [0.1, 0.15) is 24.2 Å². The summed E-state index contributed by atoms with van der Waals surface area (Å²) in [5.74, 6) is -0.877. The lowest BCUT2D eigenvalue weighted by Crippen LogP contribution is -2.52. The average Bonchev–Trinajstić information content (AvgIpc) is 2.95. The summed E-state index contributed by atoms with van der Waals surface area (Å²) in [5, 5.41) is 2.87. The van der Waals surface area contributed by atoms with E-state index in [9.17, 15) is 22.4 Å². The van der Waals surface area contributed by atoms with Crippen molar-refractivity contribution in [1.29, 1.82) is 0 Å². The van der Waals surface area contributed by atoms with Crippen LogP contribution in [0.25, 0.3) is 0 Å². The Balaban J connectivity index is 2.01. The van der Waals surface area contributed by atoms with Crippen LogP contribution in [-0.2, 0) is 26.2 Å². The van der Waals surface area contributed by atoms with Crippen molar-refractivity contribution in [1.82, 2.24) is 10.2 Å². The van der Waals surface area contributed by atoms with Crippen LogP contribution < -0.4 is 14.4 Å². The van der Waals surface area contributed by atoms with Gasteiger partial charge in [0.05, 0.1) is 17.7 Å². The number of amides is 2. The number of sulfonamides is 1. The second-order valence-corrected chi connectivity index (χ2v) is 11.0. The molecule has 3 rings (SSSR count). The maximum atomic E-state index is 13.8. The van der Waals surface area contributed by atoms with Crippen LogP contribution in [-0.4, -0.2) is 50.9 Å². The zero-order chi connectivity index (χ0) is 28.6. The van der Waals surface area contributed by atoms with Gasteiger partial charge in [0.15, 0.2) is 0 Å². The van der Waals surface area contributed by atoms with Crippen molar-refractivity contribution < 1.29 is 27.1 Å². The number of nitrogens with zero attached hydrogens (tertiary/aromatic N) is 2. The number of hydrogen-bond acceptors (Lipinski definition) is 5. The van der Waals surface area contributed by atoms with Crippen LogP contribution in [0.4, 0.5) is 10.1 Å². The van der Waals surface area contributed by atoms with Crippen LogP contribution in [0.2, 0.25) is 0 Å². The fourth-order valence-corrected chi connectivity index (χ4v) is 5.27. The van der Waals surface area contributed by atoms with Gasteiger partial charge < -0.3 is 15.0 Å². The molecule has 2 atom stereocenters. The van der Waals surface area contributed by atoms with Crippen molar-refractivity contribution in [2.45, 2.75) is 50.7 Å². The number of nitrogens with one attached hydrogen (secondary N) is 1. The minimum atomic E-state index is -4.15. The number of benzene rings is 3. The lowest BCUT2D eigenvalue weighted by Gasteiger charge is -2.32. The zero-order valence-corrected chi connectivity index (χ0v) is 23.3. The molecule has 0 saturated carbocycles. The molecule has 39 heavy (non-hydrogen) atoms. The molecule has 0 aromatic heterocycles. The highest BCUT2D eigenvalue weighted by Crippen LogP contribution is 2.26. The largest absolute Gasteiger partial charge is 0.497 e. The standard InChI is InChI=1S/C29H34FN3O5S/c1-5-21(2)31-29(35)22(3)32(19-23-11-13-24(30)14-12-23)28(34)20-33(25-15-17-26(38-4)18-16-25)39(36,37)27-9-7-6-8-10-27/h6-18,21-22H,5,19-20H2,1-4H3,(H,31,35)/t21-,22-/m0/s1. The van der Waals surface area contributed by atoms with Crippen LogP contribution in [0.3, 0.4) is 0 Å². The Kier molecular flexibility index (Phi) is 10.1. The Labute approximate surface area is 229 Å². The van der Waals surface area contributed by atoms with E-state index in [1.54, 1.807) is 49.4 Å². The summed E-state index contributed by atoms with van der Waals surface area (Å²) < 4.78 is 47.2. The molecule has 0 saturated heterocycles.